The van der Waals surface area contributed by atoms with Gasteiger partial charge in [-0.2, -0.15) is 0 Å². The van der Waals surface area contributed by atoms with Crippen molar-refractivity contribution in [2.24, 2.45) is 0 Å². The molecule has 0 aliphatic carbocycles. The molecule has 0 aromatic heterocycles. The van der Waals surface area contributed by atoms with Gasteiger partial charge in [0.15, 0.2) is 12.2 Å². The first-order chi connectivity index (χ1) is 20.4. The first-order valence-corrected chi connectivity index (χ1v) is 19.3. The Morgan fingerprint density at radius 3 is 0.884 bits per heavy atom. The maximum atomic E-state index is 11.2. The number of unbranched alkanes of at least 4 members (excludes halogenated alkanes) is 18. The maximum Gasteiger partial charge on any atom is 0.152 e. The van der Waals surface area contributed by atoms with Crippen molar-refractivity contribution < 1.29 is 23.7 Å². The van der Waals surface area contributed by atoms with Crippen LogP contribution >= 0.6 is 0 Å². The van der Waals surface area contributed by atoms with E-state index in [9.17, 15) is 10.2 Å². The van der Waals surface area contributed by atoms with E-state index in [1.807, 2.05) is 0 Å². The van der Waals surface area contributed by atoms with Crippen LogP contribution in [-0.4, -0.2) is 116 Å². The molecule has 5 nitrogen and oxygen atoms in total. The van der Waals surface area contributed by atoms with Crippen LogP contribution in [0.5, 0.6) is 0 Å². The Morgan fingerprint density at radius 2 is 0.628 bits per heavy atom. The number of rotatable bonds is 32. The lowest BCUT2D eigenvalue weighted by Gasteiger charge is -2.42. The lowest BCUT2D eigenvalue weighted by Crippen LogP contribution is -2.60. The number of hydrogen-bond donors (Lipinski definition) is 2. The molecule has 260 valence electrons. The highest BCUT2D eigenvalue weighted by Gasteiger charge is 2.34. The minimum atomic E-state index is -0.334. The molecule has 0 rings (SSSR count). The Balaban J connectivity index is 4.39. The van der Waals surface area contributed by atoms with E-state index in [1.165, 1.54) is 128 Å². The predicted octanol–water partition coefficient (Wildman–Crippen LogP) is 8.56. The van der Waals surface area contributed by atoms with Gasteiger partial charge in [-0.15, -0.1) is 0 Å². The molecular formula is C38H84N3O2+3. The minimum absolute atomic E-state index is 0.334. The Morgan fingerprint density at radius 1 is 0.372 bits per heavy atom. The van der Waals surface area contributed by atoms with Crippen LogP contribution in [0.15, 0.2) is 0 Å². The standard InChI is InChI=1S/C38H84N3O2/c1-9-13-15-17-19-21-23-25-27-29-31-39(5,6)33-37(42)35-41(11-3,12-4)36-38(43)34-40(7,8)32-30-28-26-24-22-20-18-16-14-10-2/h37-38,42-43H,9-36H2,1-8H3/q+3. The molecular weight excluding hydrogens is 530 g/mol. The molecule has 43 heavy (non-hydrogen) atoms. The van der Waals surface area contributed by atoms with Crippen molar-refractivity contribution in [1.82, 2.24) is 0 Å². The lowest BCUT2D eigenvalue weighted by molar-refractivity contribution is -0.945. The third-order valence-electron chi connectivity index (χ3n) is 10.2. The second-order valence-electron chi connectivity index (χ2n) is 15.7. The van der Waals surface area contributed by atoms with Crippen LogP contribution < -0.4 is 0 Å². The van der Waals surface area contributed by atoms with Crippen LogP contribution in [-0.2, 0) is 0 Å². The molecule has 0 aliphatic rings. The number of aliphatic hydroxyl groups is 2. The molecule has 0 fully saturated rings. The molecule has 0 saturated carbocycles. The van der Waals surface area contributed by atoms with E-state index in [1.54, 1.807) is 0 Å². The number of quaternary nitrogens is 3. The lowest BCUT2D eigenvalue weighted by atomic mass is 10.1. The molecule has 0 heterocycles. The van der Waals surface area contributed by atoms with E-state index >= 15 is 0 Å². The van der Waals surface area contributed by atoms with Gasteiger partial charge < -0.3 is 23.7 Å². The summed E-state index contributed by atoms with van der Waals surface area (Å²) in [7, 11) is 9.13. The fraction of sp³-hybridized carbons (Fsp3) is 1.00. The van der Waals surface area contributed by atoms with E-state index in [4.69, 9.17) is 0 Å². The second-order valence-corrected chi connectivity index (χ2v) is 15.7. The van der Waals surface area contributed by atoms with Gasteiger partial charge in [0.05, 0.1) is 54.4 Å². The normalized spacial score (nSPS) is 14.4. The molecule has 0 aromatic rings. The summed E-state index contributed by atoms with van der Waals surface area (Å²) in [6, 6.07) is 0. The summed E-state index contributed by atoms with van der Waals surface area (Å²) < 4.78 is 2.58. The van der Waals surface area contributed by atoms with Crippen LogP contribution in [0.2, 0.25) is 0 Å². The van der Waals surface area contributed by atoms with E-state index in [0.29, 0.717) is 0 Å². The monoisotopic (exact) mass is 615 g/mol. The molecule has 0 saturated heterocycles. The van der Waals surface area contributed by atoms with Gasteiger partial charge in [-0.3, -0.25) is 0 Å². The van der Waals surface area contributed by atoms with E-state index < -0.39 is 0 Å². The average Bonchev–Trinajstić information content (AvgIpc) is 2.93. The summed E-state index contributed by atoms with van der Waals surface area (Å²) in [5, 5.41) is 22.5. The SMILES string of the molecule is CCCCCCCCCCCC[N+](C)(C)CC(O)C[N+](CC)(CC)CC(O)C[N+](C)(C)CCCCCCCCCCCC. The van der Waals surface area contributed by atoms with E-state index in [2.05, 4.69) is 55.9 Å². The van der Waals surface area contributed by atoms with Gasteiger partial charge in [0, 0.05) is 0 Å². The fourth-order valence-electron chi connectivity index (χ4n) is 7.20. The first-order valence-electron chi connectivity index (χ1n) is 19.3. The predicted molar refractivity (Wildman–Crippen MR) is 190 cm³/mol. The van der Waals surface area contributed by atoms with Gasteiger partial charge in [0.25, 0.3) is 0 Å². The maximum absolute atomic E-state index is 11.2. The summed E-state index contributed by atoms with van der Waals surface area (Å²) >= 11 is 0. The van der Waals surface area contributed by atoms with Gasteiger partial charge in [0.2, 0.25) is 0 Å². The number of hydrogen-bond acceptors (Lipinski definition) is 2. The van der Waals surface area contributed by atoms with Gasteiger partial charge in [-0.1, -0.05) is 117 Å². The van der Waals surface area contributed by atoms with Crippen LogP contribution in [0, 0.1) is 0 Å². The summed E-state index contributed by atoms with van der Waals surface area (Å²) in [6.45, 7) is 16.3. The number of nitrogens with zero attached hydrogens (tertiary/aromatic N) is 3. The third kappa shape index (κ3) is 24.7. The zero-order valence-corrected chi connectivity index (χ0v) is 31.2. The molecule has 0 aliphatic heterocycles. The highest BCUT2D eigenvalue weighted by Crippen LogP contribution is 2.17. The van der Waals surface area contributed by atoms with Crippen molar-refractivity contribution >= 4 is 0 Å². The molecule has 0 radical (unpaired) electrons. The van der Waals surface area contributed by atoms with Crippen LogP contribution in [0.25, 0.3) is 0 Å². The van der Waals surface area contributed by atoms with Crippen LogP contribution in [0.3, 0.4) is 0 Å². The van der Waals surface area contributed by atoms with Crippen LogP contribution in [0.4, 0.5) is 0 Å². The Hall–Kier alpha value is -0.200. The summed E-state index contributed by atoms with van der Waals surface area (Å²) in [5.74, 6) is 0. The summed E-state index contributed by atoms with van der Waals surface area (Å²) in [4.78, 5) is 0. The average molecular weight is 615 g/mol. The van der Waals surface area contributed by atoms with E-state index in [0.717, 1.165) is 65.8 Å². The number of aliphatic hydroxyl groups excluding tert-OH is 2. The summed E-state index contributed by atoms with van der Waals surface area (Å²) in [6.07, 6.45) is 26.7. The molecule has 0 amide bonds. The number of likely N-dealkylation sites (N-methyl/N-ethyl adjacent to an activating group) is 3. The van der Waals surface area contributed by atoms with Gasteiger partial charge >= 0.3 is 0 Å². The van der Waals surface area contributed by atoms with Crippen molar-refractivity contribution in [3.63, 3.8) is 0 Å². The van der Waals surface area contributed by atoms with Gasteiger partial charge in [-0.05, 0) is 39.5 Å². The Bertz CT molecular complexity index is 558. The molecule has 0 spiro atoms. The highest BCUT2D eigenvalue weighted by atomic mass is 16.3. The minimum Gasteiger partial charge on any atom is -0.382 e. The van der Waals surface area contributed by atoms with Gasteiger partial charge in [-0.25, -0.2) is 0 Å². The second kappa shape index (κ2) is 25.9. The molecule has 5 heteroatoms. The fourth-order valence-corrected chi connectivity index (χ4v) is 7.20. The molecule has 2 atom stereocenters. The largest absolute Gasteiger partial charge is 0.382 e. The topological polar surface area (TPSA) is 40.5 Å². The molecule has 0 bridgehead atoms. The third-order valence-corrected chi connectivity index (χ3v) is 10.2. The molecule has 0 aromatic carbocycles. The smallest absolute Gasteiger partial charge is 0.152 e. The Kier molecular flexibility index (Phi) is 25.8. The van der Waals surface area contributed by atoms with Crippen molar-refractivity contribution in [2.75, 3.05) is 80.5 Å². The zero-order chi connectivity index (χ0) is 32.5. The molecule has 2 N–H and O–H groups in total. The van der Waals surface area contributed by atoms with E-state index in [-0.39, 0.29) is 12.2 Å². The van der Waals surface area contributed by atoms with Crippen molar-refractivity contribution in [1.29, 1.82) is 0 Å². The van der Waals surface area contributed by atoms with Crippen molar-refractivity contribution in [3.05, 3.63) is 0 Å². The van der Waals surface area contributed by atoms with Crippen LogP contribution in [0.1, 0.15) is 156 Å². The Labute approximate surface area is 272 Å². The first kappa shape index (κ1) is 42.8. The van der Waals surface area contributed by atoms with Gasteiger partial charge in [0.1, 0.15) is 26.2 Å². The quantitative estimate of drug-likeness (QED) is 0.0589. The molecule has 2 unspecified atom stereocenters. The summed E-state index contributed by atoms with van der Waals surface area (Å²) in [5.41, 5.74) is 0. The highest BCUT2D eigenvalue weighted by molar-refractivity contribution is 4.61. The van der Waals surface area contributed by atoms with Crippen molar-refractivity contribution in [2.45, 2.75) is 168 Å². The zero-order valence-electron chi connectivity index (χ0n) is 31.2. The van der Waals surface area contributed by atoms with Crippen molar-refractivity contribution in [3.8, 4) is 0 Å².